The van der Waals surface area contributed by atoms with Gasteiger partial charge in [0.15, 0.2) is 0 Å². The van der Waals surface area contributed by atoms with Crippen molar-refractivity contribution in [3.8, 4) is 0 Å². The zero-order valence-electron chi connectivity index (χ0n) is 11.2. The molecule has 2 rings (SSSR count). The van der Waals surface area contributed by atoms with Gasteiger partial charge in [-0.2, -0.15) is 4.39 Å². The molecule has 0 bridgehead atoms. The average Bonchev–Trinajstić information content (AvgIpc) is 2.46. The van der Waals surface area contributed by atoms with Crippen LogP contribution in [0.1, 0.15) is 28.9 Å². The number of hydrogen-bond acceptors (Lipinski definition) is 2. The number of carbonyl (C=O) groups is 1. The lowest BCUT2D eigenvalue weighted by atomic mass is 10.1. The third-order valence-corrected chi connectivity index (χ3v) is 3.44. The van der Waals surface area contributed by atoms with Gasteiger partial charge in [-0.15, -0.1) is 0 Å². The van der Waals surface area contributed by atoms with Crippen LogP contribution in [0.4, 0.5) is 4.39 Å². The Bertz CT molecular complexity index is 616. The summed E-state index contributed by atoms with van der Waals surface area (Å²) in [6.07, 6.45) is 1.23. The lowest BCUT2D eigenvalue weighted by Crippen LogP contribution is -2.29. The Morgan fingerprint density at radius 2 is 2.10 bits per heavy atom. The molecule has 1 heterocycles. The Morgan fingerprint density at radius 3 is 2.70 bits per heavy atom. The van der Waals surface area contributed by atoms with Crippen LogP contribution in [-0.4, -0.2) is 22.8 Å². The summed E-state index contributed by atoms with van der Waals surface area (Å²) in [6.45, 7) is 1.90. The number of pyridine rings is 1. The molecule has 1 aromatic heterocycles. The van der Waals surface area contributed by atoms with Gasteiger partial charge in [0.05, 0.1) is 11.6 Å². The normalized spacial score (nSPS) is 12.0. The van der Waals surface area contributed by atoms with E-state index in [1.165, 1.54) is 18.3 Å². The van der Waals surface area contributed by atoms with E-state index in [2.05, 4.69) is 4.98 Å². The Morgan fingerprint density at radius 1 is 1.35 bits per heavy atom. The molecule has 1 aromatic carbocycles. The Labute approximate surface area is 122 Å². The van der Waals surface area contributed by atoms with Crippen molar-refractivity contribution in [2.45, 2.75) is 13.0 Å². The molecule has 104 valence electrons. The molecule has 1 atom stereocenters. The number of hydrogen-bond donors (Lipinski definition) is 0. The number of carbonyl (C=O) groups excluding carboxylic acids is 1. The van der Waals surface area contributed by atoms with Crippen molar-refractivity contribution in [2.24, 2.45) is 0 Å². The standard InChI is InChI=1S/C15H14ClFN2O/c1-10(11-4-3-5-13(16)8-11)19(2)15(20)12-6-7-14(17)18-9-12/h3-10H,1-2H3. The second-order valence-corrected chi connectivity index (χ2v) is 4.95. The van der Waals surface area contributed by atoms with Crippen molar-refractivity contribution in [1.82, 2.24) is 9.88 Å². The van der Waals surface area contributed by atoms with Gasteiger partial charge < -0.3 is 4.90 Å². The quantitative estimate of drug-likeness (QED) is 0.808. The molecule has 1 unspecified atom stereocenters. The lowest BCUT2D eigenvalue weighted by Gasteiger charge is -2.25. The van der Waals surface area contributed by atoms with Crippen LogP contribution >= 0.6 is 11.6 Å². The first-order valence-electron chi connectivity index (χ1n) is 6.13. The summed E-state index contributed by atoms with van der Waals surface area (Å²) in [6, 6.07) is 9.79. The SMILES string of the molecule is CC(c1cccc(Cl)c1)N(C)C(=O)c1ccc(F)nc1. The van der Waals surface area contributed by atoms with E-state index in [1.807, 2.05) is 25.1 Å². The van der Waals surface area contributed by atoms with E-state index in [1.54, 1.807) is 18.0 Å². The first-order chi connectivity index (χ1) is 9.49. The van der Waals surface area contributed by atoms with Crippen LogP contribution in [0.5, 0.6) is 0 Å². The van der Waals surface area contributed by atoms with E-state index < -0.39 is 5.95 Å². The first-order valence-corrected chi connectivity index (χ1v) is 6.51. The highest BCUT2D eigenvalue weighted by Crippen LogP contribution is 2.23. The van der Waals surface area contributed by atoms with E-state index in [-0.39, 0.29) is 11.9 Å². The van der Waals surface area contributed by atoms with Crippen molar-refractivity contribution >= 4 is 17.5 Å². The van der Waals surface area contributed by atoms with Gasteiger partial charge in [-0.05, 0) is 36.8 Å². The molecule has 5 heteroatoms. The molecule has 0 fully saturated rings. The lowest BCUT2D eigenvalue weighted by molar-refractivity contribution is 0.0742. The number of amides is 1. The summed E-state index contributed by atoms with van der Waals surface area (Å²) < 4.78 is 12.8. The minimum absolute atomic E-state index is 0.147. The molecule has 0 N–H and O–H groups in total. The maximum atomic E-state index is 12.8. The van der Waals surface area contributed by atoms with Crippen LogP contribution < -0.4 is 0 Å². The molecule has 0 saturated carbocycles. The van der Waals surface area contributed by atoms with Gasteiger partial charge in [0.2, 0.25) is 5.95 Å². The zero-order valence-corrected chi connectivity index (χ0v) is 11.9. The summed E-state index contributed by atoms with van der Waals surface area (Å²) in [7, 11) is 1.69. The fourth-order valence-corrected chi connectivity index (χ4v) is 2.07. The molecule has 0 radical (unpaired) electrons. The number of aromatic nitrogens is 1. The predicted molar refractivity (Wildman–Crippen MR) is 76.2 cm³/mol. The Hall–Kier alpha value is -1.94. The van der Waals surface area contributed by atoms with E-state index in [9.17, 15) is 9.18 Å². The van der Waals surface area contributed by atoms with Crippen molar-refractivity contribution in [1.29, 1.82) is 0 Å². The van der Waals surface area contributed by atoms with Crippen molar-refractivity contribution in [3.63, 3.8) is 0 Å². The van der Waals surface area contributed by atoms with Gasteiger partial charge in [-0.3, -0.25) is 4.79 Å². The molecular weight excluding hydrogens is 279 g/mol. The van der Waals surface area contributed by atoms with Crippen LogP contribution in [0, 0.1) is 5.95 Å². The zero-order chi connectivity index (χ0) is 14.7. The third-order valence-electron chi connectivity index (χ3n) is 3.21. The van der Waals surface area contributed by atoms with Crippen LogP contribution in [0.2, 0.25) is 5.02 Å². The largest absolute Gasteiger partial charge is 0.335 e. The van der Waals surface area contributed by atoms with E-state index >= 15 is 0 Å². The molecule has 0 saturated heterocycles. The van der Waals surface area contributed by atoms with Crippen molar-refractivity contribution in [2.75, 3.05) is 7.05 Å². The first kappa shape index (κ1) is 14.5. The molecule has 0 aliphatic carbocycles. The van der Waals surface area contributed by atoms with Gasteiger partial charge in [0.1, 0.15) is 0 Å². The van der Waals surface area contributed by atoms with E-state index in [0.717, 1.165) is 5.56 Å². The van der Waals surface area contributed by atoms with Crippen LogP contribution in [0.25, 0.3) is 0 Å². The second kappa shape index (κ2) is 6.01. The van der Waals surface area contributed by atoms with Gasteiger partial charge in [-0.1, -0.05) is 23.7 Å². The van der Waals surface area contributed by atoms with Crippen LogP contribution in [-0.2, 0) is 0 Å². The third kappa shape index (κ3) is 3.14. The number of halogens is 2. The van der Waals surface area contributed by atoms with Crippen LogP contribution in [0.15, 0.2) is 42.6 Å². The molecule has 20 heavy (non-hydrogen) atoms. The predicted octanol–water partition coefficient (Wildman–Crippen LogP) is 3.71. The topological polar surface area (TPSA) is 33.2 Å². The number of nitrogens with zero attached hydrogens (tertiary/aromatic N) is 2. The van der Waals surface area contributed by atoms with Gasteiger partial charge in [0.25, 0.3) is 5.91 Å². The highest BCUT2D eigenvalue weighted by Gasteiger charge is 2.19. The Kier molecular flexibility index (Phi) is 4.35. The molecule has 0 aliphatic rings. The molecule has 2 aromatic rings. The summed E-state index contributed by atoms with van der Waals surface area (Å²) in [4.78, 5) is 17.3. The molecule has 3 nitrogen and oxygen atoms in total. The monoisotopic (exact) mass is 292 g/mol. The minimum Gasteiger partial charge on any atom is -0.335 e. The fourth-order valence-electron chi connectivity index (χ4n) is 1.87. The molecule has 0 spiro atoms. The maximum Gasteiger partial charge on any atom is 0.255 e. The van der Waals surface area contributed by atoms with Crippen LogP contribution in [0.3, 0.4) is 0 Å². The minimum atomic E-state index is -0.605. The van der Waals surface area contributed by atoms with Gasteiger partial charge >= 0.3 is 0 Å². The fraction of sp³-hybridized carbons (Fsp3) is 0.200. The molecule has 1 amide bonds. The summed E-state index contributed by atoms with van der Waals surface area (Å²) in [5, 5.41) is 0.624. The highest BCUT2D eigenvalue weighted by atomic mass is 35.5. The summed E-state index contributed by atoms with van der Waals surface area (Å²) >= 11 is 5.95. The van der Waals surface area contributed by atoms with E-state index in [0.29, 0.717) is 10.6 Å². The van der Waals surface area contributed by atoms with E-state index in [4.69, 9.17) is 11.6 Å². The summed E-state index contributed by atoms with van der Waals surface area (Å²) in [5.74, 6) is -0.822. The number of rotatable bonds is 3. The second-order valence-electron chi connectivity index (χ2n) is 4.52. The highest BCUT2D eigenvalue weighted by molar-refractivity contribution is 6.30. The van der Waals surface area contributed by atoms with Gasteiger partial charge in [0, 0.05) is 18.3 Å². The molecular formula is C15H14ClFN2O. The Balaban J connectivity index is 2.20. The smallest absolute Gasteiger partial charge is 0.255 e. The van der Waals surface area contributed by atoms with Crippen molar-refractivity contribution in [3.05, 3.63) is 64.7 Å². The number of benzene rings is 1. The summed E-state index contributed by atoms with van der Waals surface area (Å²) in [5.41, 5.74) is 1.28. The van der Waals surface area contributed by atoms with Crippen molar-refractivity contribution < 1.29 is 9.18 Å². The molecule has 0 aliphatic heterocycles. The maximum absolute atomic E-state index is 12.8. The van der Waals surface area contributed by atoms with Gasteiger partial charge in [-0.25, -0.2) is 4.98 Å². The average molecular weight is 293 g/mol.